The van der Waals surface area contributed by atoms with Crippen LogP contribution in [0.1, 0.15) is 25.1 Å². The molecule has 7 nitrogen and oxygen atoms in total. The second kappa shape index (κ2) is 5.72. The molecule has 0 aromatic carbocycles. The first-order valence-corrected chi connectivity index (χ1v) is 5.95. The molecule has 0 amide bonds. The fourth-order valence-electron chi connectivity index (χ4n) is 2.04. The molecule has 1 N–H and O–H groups in total. The van der Waals surface area contributed by atoms with E-state index in [2.05, 4.69) is 20.4 Å². The summed E-state index contributed by atoms with van der Waals surface area (Å²) in [5, 5.41) is 20.0. The Morgan fingerprint density at radius 2 is 2.06 bits per heavy atom. The van der Waals surface area contributed by atoms with E-state index >= 15 is 0 Å². The Morgan fingerprint density at radius 3 is 2.76 bits per heavy atom. The zero-order chi connectivity index (χ0) is 12.1. The van der Waals surface area contributed by atoms with E-state index in [0.29, 0.717) is 6.54 Å². The molecule has 0 atom stereocenters. The van der Waals surface area contributed by atoms with Gasteiger partial charge in [-0.25, -0.2) is 4.68 Å². The maximum Gasteiger partial charge on any atom is 0.305 e. The SMILES string of the molecule is O=C(O)CCn1nnnc1CCN1CCCC1. The van der Waals surface area contributed by atoms with Crippen LogP contribution < -0.4 is 0 Å². The number of nitrogens with zero attached hydrogens (tertiary/aromatic N) is 5. The van der Waals surface area contributed by atoms with Crippen molar-refractivity contribution in [3.63, 3.8) is 0 Å². The average molecular weight is 239 g/mol. The van der Waals surface area contributed by atoms with Crippen LogP contribution >= 0.6 is 0 Å². The fraction of sp³-hybridized carbons (Fsp3) is 0.800. The third-order valence-electron chi connectivity index (χ3n) is 2.99. The largest absolute Gasteiger partial charge is 0.481 e. The van der Waals surface area contributed by atoms with E-state index in [1.165, 1.54) is 12.8 Å². The molecular weight excluding hydrogens is 222 g/mol. The molecular formula is C10H17N5O2. The minimum absolute atomic E-state index is 0.0573. The molecule has 1 aliphatic rings. The Kier molecular flexibility index (Phi) is 4.03. The summed E-state index contributed by atoms with van der Waals surface area (Å²) in [7, 11) is 0. The van der Waals surface area contributed by atoms with Gasteiger partial charge in [-0.1, -0.05) is 0 Å². The van der Waals surface area contributed by atoms with Gasteiger partial charge in [-0.05, 0) is 36.4 Å². The van der Waals surface area contributed by atoms with Crippen molar-refractivity contribution in [1.82, 2.24) is 25.1 Å². The molecule has 1 saturated heterocycles. The first kappa shape index (κ1) is 12.0. The number of rotatable bonds is 6. The van der Waals surface area contributed by atoms with Gasteiger partial charge in [0.25, 0.3) is 0 Å². The number of aromatic nitrogens is 4. The highest BCUT2D eigenvalue weighted by atomic mass is 16.4. The van der Waals surface area contributed by atoms with Crippen molar-refractivity contribution in [1.29, 1.82) is 0 Å². The second-order valence-corrected chi connectivity index (χ2v) is 4.26. The quantitative estimate of drug-likeness (QED) is 0.739. The molecule has 0 saturated carbocycles. The molecule has 2 heterocycles. The molecule has 1 fully saturated rings. The van der Waals surface area contributed by atoms with Gasteiger partial charge in [0, 0.05) is 13.0 Å². The van der Waals surface area contributed by atoms with Gasteiger partial charge in [-0.2, -0.15) is 0 Å². The summed E-state index contributed by atoms with van der Waals surface area (Å²) < 4.78 is 1.59. The lowest BCUT2D eigenvalue weighted by molar-refractivity contribution is -0.137. The highest BCUT2D eigenvalue weighted by Gasteiger charge is 2.13. The predicted molar refractivity (Wildman–Crippen MR) is 59.4 cm³/mol. The topological polar surface area (TPSA) is 84.1 Å². The number of likely N-dealkylation sites (tertiary alicyclic amines) is 1. The average Bonchev–Trinajstić information content (AvgIpc) is 2.95. The van der Waals surface area contributed by atoms with Crippen molar-refractivity contribution < 1.29 is 9.90 Å². The van der Waals surface area contributed by atoms with Crippen LogP contribution in [0.4, 0.5) is 0 Å². The Bertz CT molecular complexity index is 373. The lowest BCUT2D eigenvalue weighted by atomic mass is 10.3. The maximum absolute atomic E-state index is 10.5. The number of carbonyl (C=O) groups is 1. The molecule has 0 spiro atoms. The minimum Gasteiger partial charge on any atom is -0.481 e. The van der Waals surface area contributed by atoms with Crippen molar-refractivity contribution in [2.45, 2.75) is 32.2 Å². The van der Waals surface area contributed by atoms with Crippen LogP contribution in [-0.4, -0.2) is 55.8 Å². The van der Waals surface area contributed by atoms with Crippen LogP contribution in [-0.2, 0) is 17.8 Å². The summed E-state index contributed by atoms with van der Waals surface area (Å²) >= 11 is 0. The summed E-state index contributed by atoms with van der Waals surface area (Å²) in [5.41, 5.74) is 0. The lowest BCUT2D eigenvalue weighted by Crippen LogP contribution is -2.23. The lowest BCUT2D eigenvalue weighted by Gasteiger charge is -2.13. The number of tetrazole rings is 1. The fourth-order valence-corrected chi connectivity index (χ4v) is 2.04. The molecule has 94 valence electrons. The first-order chi connectivity index (χ1) is 8.25. The monoisotopic (exact) mass is 239 g/mol. The van der Waals surface area contributed by atoms with Crippen molar-refractivity contribution in [2.24, 2.45) is 0 Å². The molecule has 0 unspecified atom stereocenters. The van der Waals surface area contributed by atoms with Gasteiger partial charge in [0.15, 0.2) is 5.82 Å². The molecule has 1 aliphatic heterocycles. The molecule has 7 heteroatoms. The van der Waals surface area contributed by atoms with E-state index < -0.39 is 5.97 Å². The number of carboxylic acids is 1. The Morgan fingerprint density at radius 1 is 1.29 bits per heavy atom. The molecule has 0 aliphatic carbocycles. The second-order valence-electron chi connectivity index (χ2n) is 4.26. The van der Waals surface area contributed by atoms with E-state index in [1.807, 2.05) is 0 Å². The third-order valence-corrected chi connectivity index (χ3v) is 2.99. The van der Waals surface area contributed by atoms with Gasteiger partial charge < -0.3 is 10.0 Å². The number of hydrogen-bond acceptors (Lipinski definition) is 5. The molecule has 1 aromatic heterocycles. The van der Waals surface area contributed by atoms with E-state index in [1.54, 1.807) is 4.68 Å². The van der Waals surface area contributed by atoms with Gasteiger partial charge in [0.1, 0.15) is 0 Å². The zero-order valence-electron chi connectivity index (χ0n) is 9.75. The Labute approximate surface area is 99.4 Å². The summed E-state index contributed by atoms with van der Waals surface area (Å²) in [5.74, 6) is -0.0517. The first-order valence-electron chi connectivity index (χ1n) is 5.95. The van der Waals surface area contributed by atoms with E-state index in [9.17, 15) is 4.79 Å². The van der Waals surface area contributed by atoms with Crippen molar-refractivity contribution in [2.75, 3.05) is 19.6 Å². The third kappa shape index (κ3) is 3.48. The number of carboxylic acid groups (broad SMARTS) is 1. The summed E-state index contributed by atoms with van der Waals surface area (Å²) in [6, 6.07) is 0. The number of hydrogen-bond donors (Lipinski definition) is 1. The smallest absolute Gasteiger partial charge is 0.305 e. The van der Waals surface area contributed by atoms with Crippen LogP contribution in [0, 0.1) is 0 Å². The van der Waals surface area contributed by atoms with E-state index in [0.717, 1.165) is 31.9 Å². The summed E-state index contributed by atoms with van der Waals surface area (Å²) in [6.07, 6.45) is 3.38. The van der Waals surface area contributed by atoms with Crippen LogP contribution in [0.3, 0.4) is 0 Å². The standard InChI is InChI=1S/C10H17N5O2/c16-10(17)4-8-15-9(11-12-13-15)3-7-14-5-1-2-6-14/h1-8H2,(H,16,17). The molecule has 0 radical (unpaired) electrons. The zero-order valence-corrected chi connectivity index (χ0v) is 9.75. The highest BCUT2D eigenvalue weighted by Crippen LogP contribution is 2.08. The maximum atomic E-state index is 10.5. The van der Waals surface area contributed by atoms with Crippen molar-refractivity contribution >= 4 is 5.97 Å². The van der Waals surface area contributed by atoms with Crippen LogP contribution in [0.25, 0.3) is 0 Å². The van der Waals surface area contributed by atoms with Crippen LogP contribution in [0.5, 0.6) is 0 Å². The highest BCUT2D eigenvalue weighted by molar-refractivity contribution is 5.66. The van der Waals surface area contributed by atoms with Crippen LogP contribution in [0.15, 0.2) is 0 Å². The number of aryl methyl sites for hydroxylation is 1. The minimum atomic E-state index is -0.828. The van der Waals surface area contributed by atoms with Crippen molar-refractivity contribution in [3.05, 3.63) is 5.82 Å². The predicted octanol–water partition coefficient (Wildman–Crippen LogP) is -0.214. The van der Waals surface area contributed by atoms with Gasteiger partial charge in [-0.3, -0.25) is 4.79 Å². The van der Waals surface area contributed by atoms with E-state index in [-0.39, 0.29) is 6.42 Å². The summed E-state index contributed by atoms with van der Waals surface area (Å²) in [4.78, 5) is 12.9. The van der Waals surface area contributed by atoms with Gasteiger partial charge in [0.2, 0.25) is 0 Å². The van der Waals surface area contributed by atoms with Crippen LogP contribution in [0.2, 0.25) is 0 Å². The van der Waals surface area contributed by atoms with Crippen molar-refractivity contribution in [3.8, 4) is 0 Å². The normalized spacial score (nSPS) is 16.5. The molecule has 1 aromatic rings. The van der Waals surface area contributed by atoms with Gasteiger partial charge in [-0.15, -0.1) is 5.10 Å². The molecule has 0 bridgehead atoms. The van der Waals surface area contributed by atoms with E-state index in [4.69, 9.17) is 5.11 Å². The van der Waals surface area contributed by atoms with Gasteiger partial charge >= 0.3 is 5.97 Å². The molecule has 2 rings (SSSR count). The number of aliphatic carboxylic acids is 1. The Hall–Kier alpha value is -1.50. The van der Waals surface area contributed by atoms with Gasteiger partial charge in [0.05, 0.1) is 13.0 Å². The Balaban J connectivity index is 1.82. The summed E-state index contributed by atoms with van der Waals surface area (Å²) in [6.45, 7) is 3.60. The molecule has 17 heavy (non-hydrogen) atoms.